The number of aliphatic imine (C=N–C) groups is 1. The Bertz CT molecular complexity index is 1650. The quantitative estimate of drug-likeness (QED) is 0.249. The molecule has 3 atom stereocenters. The van der Waals surface area contributed by atoms with Gasteiger partial charge in [0.15, 0.2) is 6.29 Å². The molecule has 1 aromatic carbocycles. The number of hydrogen-bond donors (Lipinski definition) is 1. The molecule has 1 saturated heterocycles. The number of nitrogens with zero attached hydrogens (tertiary/aromatic N) is 8. The van der Waals surface area contributed by atoms with Crippen LogP contribution in [0.5, 0.6) is 0 Å². The zero-order chi connectivity index (χ0) is 34.3. The van der Waals surface area contributed by atoms with Crippen molar-refractivity contribution >= 4 is 35.1 Å². The van der Waals surface area contributed by atoms with Gasteiger partial charge in [-0.25, -0.2) is 4.98 Å². The molecule has 3 unspecified atom stereocenters. The minimum absolute atomic E-state index is 0.0827. The van der Waals surface area contributed by atoms with Gasteiger partial charge in [-0.05, 0) is 48.2 Å². The van der Waals surface area contributed by atoms with Gasteiger partial charge in [-0.2, -0.15) is 36.4 Å². The van der Waals surface area contributed by atoms with Crippen LogP contribution >= 0.6 is 11.6 Å². The minimum atomic E-state index is -5.00. The second kappa shape index (κ2) is 13.1. The molecule has 2 aliphatic rings. The lowest BCUT2D eigenvalue weighted by atomic mass is 10.0. The van der Waals surface area contributed by atoms with Crippen LogP contribution in [0.25, 0.3) is 5.57 Å². The highest BCUT2D eigenvalue weighted by molar-refractivity contribution is 6.28. The average Bonchev–Trinajstić information content (AvgIpc) is 3.65. The van der Waals surface area contributed by atoms with Crippen LogP contribution in [0.3, 0.4) is 0 Å². The molecule has 0 radical (unpaired) electrons. The van der Waals surface area contributed by atoms with Crippen LogP contribution < -0.4 is 10.2 Å². The van der Waals surface area contributed by atoms with Crippen molar-refractivity contribution in [1.29, 1.82) is 0 Å². The number of allylic oxidation sites excluding steroid dienone is 1. The van der Waals surface area contributed by atoms with Crippen LogP contribution in [0, 0.1) is 0 Å². The molecule has 5 rings (SSSR count). The third-order valence-corrected chi connectivity index (χ3v) is 8.27. The van der Waals surface area contributed by atoms with Crippen molar-refractivity contribution in [1.82, 2.24) is 34.9 Å². The predicted molar refractivity (Wildman–Crippen MR) is 163 cm³/mol. The van der Waals surface area contributed by atoms with Crippen LogP contribution in [0.4, 0.5) is 32.2 Å². The number of carbonyl (C=O) groups is 1. The third-order valence-electron chi connectivity index (χ3n) is 8.09. The monoisotopic (exact) mass is 683 g/mol. The summed E-state index contributed by atoms with van der Waals surface area (Å²) in [5.41, 5.74) is -1.33. The van der Waals surface area contributed by atoms with Crippen molar-refractivity contribution in [3.05, 3.63) is 76.1 Å². The smallest absolute Gasteiger partial charge is 0.357 e. The molecule has 3 aromatic rings. The maximum atomic E-state index is 13.8. The summed E-state index contributed by atoms with van der Waals surface area (Å²) in [7, 11) is 4.91. The van der Waals surface area contributed by atoms with E-state index in [2.05, 4.69) is 25.4 Å². The van der Waals surface area contributed by atoms with E-state index in [1.807, 2.05) is 11.8 Å². The van der Waals surface area contributed by atoms with Gasteiger partial charge in [0, 0.05) is 82.3 Å². The van der Waals surface area contributed by atoms with E-state index < -0.39 is 35.8 Å². The van der Waals surface area contributed by atoms with Gasteiger partial charge < -0.3 is 15.1 Å². The number of anilines is 1. The van der Waals surface area contributed by atoms with Gasteiger partial charge in [0.05, 0.1) is 17.3 Å². The Balaban J connectivity index is 1.54. The van der Waals surface area contributed by atoms with Crippen LogP contribution in [0.15, 0.2) is 48.0 Å². The molecular formula is C30H32ClF6N9O. The van der Waals surface area contributed by atoms with E-state index >= 15 is 0 Å². The highest BCUT2D eigenvalue weighted by Crippen LogP contribution is 2.38. The van der Waals surface area contributed by atoms with E-state index in [4.69, 9.17) is 11.6 Å². The van der Waals surface area contributed by atoms with Crippen molar-refractivity contribution in [2.75, 3.05) is 25.5 Å². The molecule has 0 spiro atoms. The molecule has 47 heavy (non-hydrogen) atoms. The fourth-order valence-corrected chi connectivity index (χ4v) is 5.91. The Morgan fingerprint density at radius 2 is 1.77 bits per heavy atom. The fourth-order valence-electron chi connectivity index (χ4n) is 5.78. The van der Waals surface area contributed by atoms with Gasteiger partial charge >= 0.3 is 12.4 Å². The Labute approximate surface area is 271 Å². The van der Waals surface area contributed by atoms with Crippen molar-refractivity contribution < 1.29 is 31.1 Å². The SMILES string of the molecule is CCC1CC(N(Cc2cc(C(F)(F)F)cc(C(F)(F)F)c2)C2N=CC(c3cnn(C)c3)=CN2)CN1c1nc(Cl)ncc1C(=O)N(C)C. The summed E-state index contributed by atoms with van der Waals surface area (Å²) in [6.45, 7) is 1.85. The number of hydrogen-bond acceptors (Lipinski definition) is 8. The number of amides is 1. The molecule has 1 fully saturated rings. The van der Waals surface area contributed by atoms with Crippen molar-refractivity contribution in [2.24, 2.45) is 12.0 Å². The van der Waals surface area contributed by atoms with E-state index in [9.17, 15) is 31.1 Å². The first-order valence-electron chi connectivity index (χ1n) is 14.6. The molecule has 2 aliphatic heterocycles. The fraction of sp³-hybridized carbons (Fsp3) is 0.433. The van der Waals surface area contributed by atoms with Gasteiger partial charge in [0.2, 0.25) is 5.28 Å². The first kappa shape index (κ1) is 34.2. The predicted octanol–water partition coefficient (Wildman–Crippen LogP) is 5.46. The number of aryl methyl sites for hydroxylation is 1. The van der Waals surface area contributed by atoms with E-state index in [0.717, 1.165) is 17.7 Å². The summed E-state index contributed by atoms with van der Waals surface area (Å²) < 4.78 is 84.2. The van der Waals surface area contributed by atoms with Crippen molar-refractivity contribution in [2.45, 2.75) is 57.0 Å². The summed E-state index contributed by atoms with van der Waals surface area (Å²) in [4.78, 5) is 31.0. The van der Waals surface area contributed by atoms with Crippen molar-refractivity contribution in [3.8, 4) is 0 Å². The molecule has 252 valence electrons. The van der Waals surface area contributed by atoms with E-state index in [0.29, 0.717) is 18.4 Å². The highest BCUT2D eigenvalue weighted by Gasteiger charge is 2.41. The molecule has 2 aromatic heterocycles. The number of aromatic nitrogens is 4. The molecule has 0 saturated carbocycles. The van der Waals surface area contributed by atoms with Gasteiger partial charge in [-0.15, -0.1) is 0 Å². The number of benzene rings is 1. The number of carbonyl (C=O) groups excluding carboxylic acids is 1. The molecule has 1 N–H and O–H groups in total. The van der Waals surface area contributed by atoms with Crippen LogP contribution in [0.2, 0.25) is 5.28 Å². The van der Waals surface area contributed by atoms with E-state index in [1.165, 1.54) is 11.1 Å². The van der Waals surface area contributed by atoms with Gasteiger partial charge in [-0.1, -0.05) is 6.92 Å². The molecule has 1 amide bonds. The number of halogens is 7. The highest BCUT2D eigenvalue weighted by atomic mass is 35.5. The minimum Gasteiger partial charge on any atom is -0.357 e. The Kier molecular flexibility index (Phi) is 9.55. The maximum Gasteiger partial charge on any atom is 0.416 e. The molecule has 0 bridgehead atoms. The first-order valence-corrected chi connectivity index (χ1v) is 15.0. The Morgan fingerprint density at radius 1 is 1.09 bits per heavy atom. The van der Waals surface area contributed by atoms with Crippen molar-refractivity contribution in [3.63, 3.8) is 0 Å². The van der Waals surface area contributed by atoms with Gasteiger partial charge in [0.1, 0.15) is 11.4 Å². The average molecular weight is 684 g/mol. The second-order valence-corrected chi connectivity index (χ2v) is 11.9. The normalized spacial score (nSPS) is 20.0. The zero-order valence-corrected chi connectivity index (χ0v) is 26.6. The second-order valence-electron chi connectivity index (χ2n) is 11.6. The Hall–Kier alpha value is -4.18. The maximum absolute atomic E-state index is 13.8. The topological polar surface area (TPSA) is 94.8 Å². The van der Waals surface area contributed by atoms with Gasteiger partial charge in [-0.3, -0.25) is 19.4 Å². The lowest BCUT2D eigenvalue weighted by molar-refractivity contribution is -0.143. The number of alkyl halides is 6. The largest absolute Gasteiger partial charge is 0.416 e. The summed E-state index contributed by atoms with van der Waals surface area (Å²) in [6, 6.07) is 0.910. The summed E-state index contributed by atoms with van der Waals surface area (Å²) in [5.74, 6) is -0.0719. The van der Waals surface area contributed by atoms with Gasteiger partial charge in [0.25, 0.3) is 5.91 Å². The summed E-state index contributed by atoms with van der Waals surface area (Å²) >= 11 is 6.16. The van der Waals surface area contributed by atoms with Crippen LogP contribution in [0.1, 0.15) is 52.4 Å². The molecule has 4 heterocycles. The van der Waals surface area contributed by atoms with Crippen LogP contribution in [-0.2, 0) is 25.9 Å². The molecule has 17 heteroatoms. The standard InChI is InChI=1S/C30H32ClF6N9O/c1-5-22-9-23(16-45(22)25-24(26(47)43(2)3)13-38-27(31)42-25)46(28-39-10-18(11-40-28)19-12-41-44(4)15-19)14-17-6-20(29(32,33)34)8-21(7-17)30(35,36)37/h6-8,10-13,15,22-23,28,39H,5,9,14,16H2,1-4H3. The lowest BCUT2D eigenvalue weighted by Gasteiger charge is -2.36. The summed E-state index contributed by atoms with van der Waals surface area (Å²) in [6.07, 6.45) is -1.80. The first-order chi connectivity index (χ1) is 22.0. The zero-order valence-electron chi connectivity index (χ0n) is 25.8. The molecule has 0 aliphatic carbocycles. The number of rotatable bonds is 8. The third kappa shape index (κ3) is 7.53. The summed E-state index contributed by atoms with van der Waals surface area (Å²) in [5, 5.41) is 7.23. The van der Waals surface area contributed by atoms with E-state index in [-0.39, 0.29) is 53.3 Å². The molecular weight excluding hydrogens is 652 g/mol. The van der Waals surface area contributed by atoms with E-state index in [1.54, 1.807) is 55.5 Å². The lowest BCUT2D eigenvalue weighted by Crippen LogP contribution is -2.50. The van der Waals surface area contributed by atoms with Crippen LogP contribution in [-0.4, -0.2) is 80.7 Å². The number of nitrogens with one attached hydrogen (secondary N) is 1. The Morgan fingerprint density at radius 3 is 2.30 bits per heavy atom. The molecule has 10 nitrogen and oxygen atoms in total.